The van der Waals surface area contributed by atoms with E-state index in [1.54, 1.807) is 0 Å². The first-order valence-electron chi connectivity index (χ1n) is 6.96. The third kappa shape index (κ3) is 3.49. The van der Waals surface area contributed by atoms with Gasteiger partial charge < -0.3 is 10.6 Å². The van der Waals surface area contributed by atoms with Gasteiger partial charge in [-0.15, -0.1) is 0 Å². The lowest BCUT2D eigenvalue weighted by Gasteiger charge is -2.35. The number of nitrogens with two attached hydrogens (primary N) is 1. The second-order valence-electron chi connectivity index (χ2n) is 5.61. The van der Waals surface area contributed by atoms with Crippen molar-refractivity contribution >= 4 is 5.69 Å². The molecule has 2 nitrogen and oxygen atoms in total. The van der Waals surface area contributed by atoms with Crippen molar-refractivity contribution in [2.45, 2.75) is 40.5 Å². The summed E-state index contributed by atoms with van der Waals surface area (Å²) in [6.07, 6.45) is 2.27. The van der Waals surface area contributed by atoms with E-state index in [4.69, 9.17) is 5.73 Å². The van der Waals surface area contributed by atoms with Crippen molar-refractivity contribution in [2.24, 2.45) is 11.1 Å². The van der Waals surface area contributed by atoms with Crippen LogP contribution < -0.4 is 10.6 Å². The van der Waals surface area contributed by atoms with Gasteiger partial charge in [-0.1, -0.05) is 19.9 Å². The normalized spacial score (nSPS) is 11.7. The predicted molar refractivity (Wildman–Crippen MR) is 81.3 cm³/mol. The summed E-state index contributed by atoms with van der Waals surface area (Å²) in [7, 11) is 2.17. The Morgan fingerprint density at radius 3 is 1.94 bits per heavy atom. The molecule has 1 rings (SSSR count). The molecule has 0 saturated heterocycles. The van der Waals surface area contributed by atoms with Crippen molar-refractivity contribution < 1.29 is 0 Å². The standard InChI is InChI=1S/C16H28N2/c1-6-16(7-2,11-17)12-18(5)15-9-13(3)8-14(4)10-15/h8-10H,6-7,11-12,17H2,1-5H3. The first-order chi connectivity index (χ1) is 8.46. The van der Waals surface area contributed by atoms with Crippen LogP contribution in [0.25, 0.3) is 0 Å². The van der Waals surface area contributed by atoms with E-state index in [-0.39, 0.29) is 5.41 Å². The van der Waals surface area contributed by atoms with Gasteiger partial charge in [0.1, 0.15) is 0 Å². The summed E-state index contributed by atoms with van der Waals surface area (Å²) >= 11 is 0. The zero-order valence-electron chi connectivity index (χ0n) is 12.6. The van der Waals surface area contributed by atoms with Gasteiger partial charge in [-0.2, -0.15) is 0 Å². The summed E-state index contributed by atoms with van der Waals surface area (Å²) < 4.78 is 0. The summed E-state index contributed by atoms with van der Waals surface area (Å²) in [4.78, 5) is 2.35. The highest BCUT2D eigenvalue weighted by molar-refractivity contribution is 5.50. The minimum atomic E-state index is 0.242. The largest absolute Gasteiger partial charge is 0.374 e. The average molecular weight is 248 g/mol. The Morgan fingerprint density at radius 1 is 1.06 bits per heavy atom. The molecule has 2 N–H and O–H groups in total. The summed E-state index contributed by atoms with van der Waals surface area (Å²) in [5, 5.41) is 0. The van der Waals surface area contributed by atoms with Crippen LogP contribution in [0.1, 0.15) is 37.8 Å². The maximum atomic E-state index is 5.99. The Bertz CT molecular complexity index is 352. The lowest BCUT2D eigenvalue weighted by Crippen LogP contribution is -2.40. The van der Waals surface area contributed by atoms with E-state index < -0.39 is 0 Å². The molecule has 0 aromatic heterocycles. The molecule has 0 spiro atoms. The molecule has 102 valence electrons. The van der Waals surface area contributed by atoms with Crippen LogP contribution in [0.15, 0.2) is 18.2 Å². The van der Waals surface area contributed by atoms with E-state index in [9.17, 15) is 0 Å². The highest BCUT2D eigenvalue weighted by Crippen LogP contribution is 2.28. The van der Waals surface area contributed by atoms with Gasteiger partial charge in [0.2, 0.25) is 0 Å². The van der Waals surface area contributed by atoms with E-state index in [0.717, 1.165) is 25.9 Å². The molecule has 0 unspecified atom stereocenters. The molecule has 1 aromatic carbocycles. The Labute approximate surface area is 112 Å². The molecular formula is C16H28N2. The smallest absolute Gasteiger partial charge is 0.0369 e. The van der Waals surface area contributed by atoms with Crippen molar-refractivity contribution in [3.63, 3.8) is 0 Å². The van der Waals surface area contributed by atoms with Crippen molar-refractivity contribution in [1.29, 1.82) is 0 Å². The van der Waals surface area contributed by atoms with Gasteiger partial charge in [-0.3, -0.25) is 0 Å². The first-order valence-corrected chi connectivity index (χ1v) is 6.96. The summed E-state index contributed by atoms with van der Waals surface area (Å²) in [6.45, 7) is 10.6. The van der Waals surface area contributed by atoms with Crippen molar-refractivity contribution in [1.82, 2.24) is 0 Å². The molecule has 0 aliphatic carbocycles. The lowest BCUT2D eigenvalue weighted by atomic mass is 9.82. The lowest BCUT2D eigenvalue weighted by molar-refractivity contribution is 0.281. The van der Waals surface area contributed by atoms with Gasteiger partial charge in [0.15, 0.2) is 0 Å². The van der Waals surface area contributed by atoms with Gasteiger partial charge in [0.25, 0.3) is 0 Å². The molecule has 0 bridgehead atoms. The second kappa shape index (κ2) is 6.24. The fourth-order valence-electron chi connectivity index (χ4n) is 2.59. The molecular weight excluding hydrogens is 220 g/mol. The Kier molecular flexibility index (Phi) is 5.21. The Morgan fingerprint density at radius 2 is 1.56 bits per heavy atom. The fourth-order valence-corrected chi connectivity index (χ4v) is 2.59. The number of hydrogen-bond acceptors (Lipinski definition) is 2. The van der Waals surface area contributed by atoms with Crippen LogP contribution in [0.5, 0.6) is 0 Å². The van der Waals surface area contributed by atoms with Crippen LogP contribution in [0, 0.1) is 19.3 Å². The van der Waals surface area contributed by atoms with E-state index in [0.29, 0.717) is 0 Å². The van der Waals surface area contributed by atoms with Crippen LogP contribution in [-0.2, 0) is 0 Å². The van der Waals surface area contributed by atoms with Crippen LogP contribution in [0.2, 0.25) is 0 Å². The summed E-state index contributed by atoms with van der Waals surface area (Å²) in [5.41, 5.74) is 10.2. The van der Waals surface area contributed by atoms with E-state index in [2.05, 4.69) is 57.8 Å². The number of aryl methyl sites for hydroxylation is 2. The number of benzene rings is 1. The maximum Gasteiger partial charge on any atom is 0.0369 e. The van der Waals surface area contributed by atoms with E-state index in [1.165, 1.54) is 16.8 Å². The quantitative estimate of drug-likeness (QED) is 0.835. The third-order valence-corrected chi connectivity index (χ3v) is 4.15. The van der Waals surface area contributed by atoms with Gasteiger partial charge in [0, 0.05) is 19.3 Å². The van der Waals surface area contributed by atoms with Crippen molar-refractivity contribution in [3.05, 3.63) is 29.3 Å². The maximum absolute atomic E-state index is 5.99. The Balaban J connectivity index is 2.90. The van der Waals surface area contributed by atoms with Gasteiger partial charge in [-0.05, 0) is 61.9 Å². The molecule has 2 heteroatoms. The van der Waals surface area contributed by atoms with Crippen LogP contribution in [0.4, 0.5) is 5.69 Å². The SMILES string of the molecule is CCC(CC)(CN)CN(C)c1cc(C)cc(C)c1. The second-order valence-corrected chi connectivity index (χ2v) is 5.61. The topological polar surface area (TPSA) is 29.3 Å². The Hall–Kier alpha value is -1.02. The third-order valence-electron chi connectivity index (χ3n) is 4.15. The van der Waals surface area contributed by atoms with E-state index >= 15 is 0 Å². The number of nitrogens with zero attached hydrogens (tertiary/aromatic N) is 1. The monoisotopic (exact) mass is 248 g/mol. The number of hydrogen-bond donors (Lipinski definition) is 1. The van der Waals surface area contributed by atoms with Crippen LogP contribution in [0.3, 0.4) is 0 Å². The first kappa shape index (κ1) is 15.0. The number of anilines is 1. The van der Waals surface area contributed by atoms with Crippen molar-refractivity contribution in [2.75, 3.05) is 25.0 Å². The minimum absolute atomic E-state index is 0.242. The molecule has 0 atom stereocenters. The predicted octanol–water partition coefficient (Wildman–Crippen LogP) is 3.50. The summed E-state index contributed by atoms with van der Waals surface area (Å²) in [5.74, 6) is 0. The molecule has 1 aromatic rings. The molecule has 0 radical (unpaired) electrons. The molecule has 0 aliphatic heterocycles. The average Bonchev–Trinajstić information content (AvgIpc) is 2.35. The fraction of sp³-hybridized carbons (Fsp3) is 0.625. The minimum Gasteiger partial charge on any atom is -0.374 e. The van der Waals surface area contributed by atoms with Gasteiger partial charge in [-0.25, -0.2) is 0 Å². The van der Waals surface area contributed by atoms with Gasteiger partial charge in [0.05, 0.1) is 0 Å². The zero-order valence-corrected chi connectivity index (χ0v) is 12.6. The molecule has 0 aliphatic rings. The number of rotatable bonds is 6. The molecule has 0 amide bonds. The van der Waals surface area contributed by atoms with Gasteiger partial charge >= 0.3 is 0 Å². The van der Waals surface area contributed by atoms with E-state index in [1.807, 2.05) is 0 Å². The summed E-state index contributed by atoms with van der Waals surface area (Å²) in [6, 6.07) is 6.71. The van der Waals surface area contributed by atoms with Crippen molar-refractivity contribution in [3.8, 4) is 0 Å². The van der Waals surface area contributed by atoms with Crippen LogP contribution >= 0.6 is 0 Å². The highest BCUT2D eigenvalue weighted by Gasteiger charge is 2.26. The van der Waals surface area contributed by atoms with Crippen LogP contribution in [-0.4, -0.2) is 20.1 Å². The molecule has 0 heterocycles. The molecule has 18 heavy (non-hydrogen) atoms. The molecule has 0 fully saturated rings. The molecule has 0 saturated carbocycles. The zero-order chi connectivity index (χ0) is 13.8. The highest BCUT2D eigenvalue weighted by atomic mass is 15.1.